The number of piperidine rings is 1. The maximum atomic E-state index is 12.0. The van der Waals surface area contributed by atoms with Gasteiger partial charge in [0, 0.05) is 12.6 Å². The van der Waals surface area contributed by atoms with E-state index < -0.39 is 5.92 Å². The van der Waals surface area contributed by atoms with E-state index in [-0.39, 0.29) is 17.8 Å². The molecule has 1 rings (SSSR count). The first-order valence-corrected chi connectivity index (χ1v) is 7.08. The van der Waals surface area contributed by atoms with E-state index in [1.807, 2.05) is 13.8 Å². The molecule has 0 aromatic rings. The van der Waals surface area contributed by atoms with Crippen LogP contribution in [0.5, 0.6) is 0 Å². The van der Waals surface area contributed by atoms with Crippen LogP contribution in [0.15, 0.2) is 5.16 Å². The zero-order valence-electron chi connectivity index (χ0n) is 11.9. The Morgan fingerprint density at radius 1 is 1.42 bits per heavy atom. The summed E-state index contributed by atoms with van der Waals surface area (Å²) in [6, 6.07) is 0.0751. The zero-order chi connectivity index (χ0) is 14.3. The van der Waals surface area contributed by atoms with E-state index in [1.165, 1.54) is 19.3 Å². The number of hydrogen-bond donors (Lipinski definition) is 3. The van der Waals surface area contributed by atoms with Crippen LogP contribution in [0.1, 0.15) is 39.5 Å². The van der Waals surface area contributed by atoms with Crippen LogP contribution in [0.3, 0.4) is 0 Å². The molecule has 1 amide bonds. The van der Waals surface area contributed by atoms with E-state index in [0.29, 0.717) is 6.42 Å². The molecule has 19 heavy (non-hydrogen) atoms. The minimum absolute atomic E-state index is 0.0230. The van der Waals surface area contributed by atoms with Gasteiger partial charge in [-0.3, -0.25) is 4.79 Å². The highest BCUT2D eigenvalue weighted by atomic mass is 16.4. The van der Waals surface area contributed by atoms with Crippen molar-refractivity contribution in [2.75, 3.05) is 19.6 Å². The van der Waals surface area contributed by atoms with Gasteiger partial charge in [0.25, 0.3) is 0 Å². The second-order valence-corrected chi connectivity index (χ2v) is 5.26. The molecule has 6 nitrogen and oxygen atoms in total. The lowest BCUT2D eigenvalue weighted by Gasteiger charge is -2.29. The van der Waals surface area contributed by atoms with Gasteiger partial charge >= 0.3 is 0 Å². The third-order valence-corrected chi connectivity index (χ3v) is 3.57. The molecule has 0 aromatic heterocycles. The summed E-state index contributed by atoms with van der Waals surface area (Å²) in [6.07, 6.45) is 4.31. The molecule has 1 saturated heterocycles. The molecular weight excluding hydrogens is 244 g/mol. The Morgan fingerprint density at radius 3 is 2.58 bits per heavy atom. The summed E-state index contributed by atoms with van der Waals surface area (Å²) in [4.78, 5) is 14.4. The fourth-order valence-corrected chi connectivity index (χ4v) is 2.52. The number of carbonyl (C=O) groups excluding carboxylic acids is 1. The number of hydrogen-bond acceptors (Lipinski definition) is 4. The molecule has 1 aliphatic heterocycles. The Labute approximate surface area is 115 Å². The number of likely N-dealkylation sites (tertiary alicyclic amines) is 1. The van der Waals surface area contributed by atoms with Crippen molar-refractivity contribution in [3.63, 3.8) is 0 Å². The number of carbonyl (C=O) groups is 1. The Hall–Kier alpha value is -1.30. The monoisotopic (exact) mass is 270 g/mol. The van der Waals surface area contributed by atoms with Crippen LogP contribution in [0.4, 0.5) is 0 Å². The van der Waals surface area contributed by atoms with E-state index in [0.717, 1.165) is 19.6 Å². The standard InChI is InChI=1S/C13H26N4O2/c1-3-11(12(14)16-19)13(18)15-10(2)9-17-7-5-4-6-8-17/h10-11,19H,3-9H2,1-2H3,(H2,14,16)(H,15,18). The second kappa shape index (κ2) is 7.99. The van der Waals surface area contributed by atoms with Crippen molar-refractivity contribution in [1.82, 2.24) is 10.2 Å². The number of rotatable bonds is 6. The Bertz CT molecular complexity index is 314. The lowest BCUT2D eigenvalue weighted by atomic mass is 10.0. The predicted octanol–water partition coefficient (Wildman–Crippen LogP) is 0.750. The van der Waals surface area contributed by atoms with Crippen LogP contribution >= 0.6 is 0 Å². The van der Waals surface area contributed by atoms with Crippen molar-refractivity contribution in [2.45, 2.75) is 45.6 Å². The number of nitrogens with one attached hydrogen (secondary N) is 1. The summed E-state index contributed by atoms with van der Waals surface area (Å²) in [6.45, 7) is 6.91. The van der Waals surface area contributed by atoms with Crippen LogP contribution < -0.4 is 11.1 Å². The molecule has 2 atom stereocenters. The molecule has 4 N–H and O–H groups in total. The van der Waals surface area contributed by atoms with Crippen molar-refractivity contribution < 1.29 is 10.0 Å². The van der Waals surface area contributed by atoms with Crippen molar-refractivity contribution in [3.8, 4) is 0 Å². The van der Waals surface area contributed by atoms with Gasteiger partial charge in [0.05, 0.1) is 5.92 Å². The highest BCUT2D eigenvalue weighted by Crippen LogP contribution is 2.09. The van der Waals surface area contributed by atoms with Crippen LogP contribution in [0.25, 0.3) is 0 Å². The number of amides is 1. The number of nitrogens with two attached hydrogens (primary N) is 1. The summed E-state index contributed by atoms with van der Waals surface area (Å²) in [7, 11) is 0. The van der Waals surface area contributed by atoms with E-state index in [1.54, 1.807) is 0 Å². The third-order valence-electron chi connectivity index (χ3n) is 3.57. The smallest absolute Gasteiger partial charge is 0.231 e. The highest BCUT2D eigenvalue weighted by molar-refractivity contribution is 6.02. The van der Waals surface area contributed by atoms with Crippen LogP contribution in [0, 0.1) is 5.92 Å². The summed E-state index contributed by atoms with van der Waals surface area (Å²) < 4.78 is 0. The van der Waals surface area contributed by atoms with Gasteiger partial charge < -0.3 is 21.2 Å². The number of oxime groups is 1. The van der Waals surface area contributed by atoms with E-state index >= 15 is 0 Å². The largest absolute Gasteiger partial charge is 0.409 e. The first kappa shape index (κ1) is 15.8. The third kappa shape index (κ3) is 5.06. The molecular formula is C13H26N4O2. The molecule has 1 aliphatic rings. The van der Waals surface area contributed by atoms with Crippen LogP contribution in [-0.2, 0) is 4.79 Å². The average Bonchev–Trinajstić information content (AvgIpc) is 2.40. The molecule has 2 unspecified atom stereocenters. The predicted molar refractivity (Wildman–Crippen MR) is 75.1 cm³/mol. The van der Waals surface area contributed by atoms with Crippen molar-refractivity contribution in [2.24, 2.45) is 16.8 Å². The quantitative estimate of drug-likeness (QED) is 0.287. The van der Waals surface area contributed by atoms with Gasteiger partial charge in [-0.25, -0.2) is 0 Å². The summed E-state index contributed by atoms with van der Waals surface area (Å²) >= 11 is 0. The first-order chi connectivity index (χ1) is 9.08. The lowest BCUT2D eigenvalue weighted by Crippen LogP contribution is -2.47. The molecule has 0 spiro atoms. The van der Waals surface area contributed by atoms with E-state index in [2.05, 4.69) is 15.4 Å². The van der Waals surface area contributed by atoms with E-state index in [9.17, 15) is 4.79 Å². The van der Waals surface area contributed by atoms with Gasteiger partial charge in [0.1, 0.15) is 0 Å². The van der Waals surface area contributed by atoms with Gasteiger partial charge in [0.2, 0.25) is 5.91 Å². The summed E-state index contributed by atoms with van der Waals surface area (Å²) in [5.74, 6) is -0.735. The highest BCUT2D eigenvalue weighted by Gasteiger charge is 2.23. The summed E-state index contributed by atoms with van der Waals surface area (Å²) in [5.41, 5.74) is 5.52. The minimum atomic E-state index is -0.547. The first-order valence-electron chi connectivity index (χ1n) is 7.08. The fourth-order valence-electron chi connectivity index (χ4n) is 2.52. The molecule has 0 bridgehead atoms. The van der Waals surface area contributed by atoms with Crippen LogP contribution in [0.2, 0.25) is 0 Å². The zero-order valence-corrected chi connectivity index (χ0v) is 11.9. The Morgan fingerprint density at radius 2 is 2.05 bits per heavy atom. The average molecular weight is 270 g/mol. The molecule has 1 fully saturated rings. The lowest BCUT2D eigenvalue weighted by molar-refractivity contribution is -0.123. The van der Waals surface area contributed by atoms with Crippen molar-refractivity contribution in [1.29, 1.82) is 0 Å². The number of nitrogens with zero attached hydrogens (tertiary/aromatic N) is 2. The molecule has 0 saturated carbocycles. The van der Waals surface area contributed by atoms with Crippen molar-refractivity contribution in [3.05, 3.63) is 0 Å². The normalized spacial score (nSPS) is 20.8. The van der Waals surface area contributed by atoms with Gasteiger partial charge in [-0.15, -0.1) is 0 Å². The SMILES string of the molecule is CCC(C(=O)NC(C)CN1CCCCC1)C(N)=NO. The maximum absolute atomic E-state index is 12.0. The minimum Gasteiger partial charge on any atom is -0.409 e. The fraction of sp³-hybridized carbons (Fsp3) is 0.846. The Balaban J connectivity index is 2.41. The maximum Gasteiger partial charge on any atom is 0.231 e. The molecule has 0 radical (unpaired) electrons. The second-order valence-electron chi connectivity index (χ2n) is 5.26. The Kier molecular flexibility index (Phi) is 6.62. The molecule has 0 aliphatic carbocycles. The van der Waals surface area contributed by atoms with Gasteiger partial charge in [-0.2, -0.15) is 0 Å². The molecule has 0 aromatic carbocycles. The van der Waals surface area contributed by atoms with E-state index in [4.69, 9.17) is 10.9 Å². The molecule has 110 valence electrons. The van der Waals surface area contributed by atoms with Crippen molar-refractivity contribution >= 4 is 11.7 Å². The van der Waals surface area contributed by atoms with Gasteiger partial charge in [-0.1, -0.05) is 18.5 Å². The van der Waals surface area contributed by atoms with Gasteiger partial charge in [0.15, 0.2) is 5.84 Å². The number of amidine groups is 1. The molecule has 1 heterocycles. The van der Waals surface area contributed by atoms with Crippen LogP contribution in [-0.4, -0.2) is 47.5 Å². The molecule has 6 heteroatoms. The van der Waals surface area contributed by atoms with Gasteiger partial charge in [-0.05, 0) is 39.3 Å². The summed E-state index contributed by atoms with van der Waals surface area (Å²) in [5, 5.41) is 14.5. The topological polar surface area (TPSA) is 91.0 Å².